The van der Waals surface area contributed by atoms with Crippen molar-refractivity contribution in [1.82, 2.24) is 9.88 Å². The molecule has 0 saturated carbocycles. The van der Waals surface area contributed by atoms with Gasteiger partial charge in [0, 0.05) is 37.2 Å². The van der Waals surface area contributed by atoms with E-state index in [1.165, 1.54) is 0 Å². The summed E-state index contributed by atoms with van der Waals surface area (Å²) in [7, 11) is 0. The fourth-order valence-corrected chi connectivity index (χ4v) is 3.01. The van der Waals surface area contributed by atoms with Crippen molar-refractivity contribution < 1.29 is 4.74 Å². The van der Waals surface area contributed by atoms with E-state index < -0.39 is 0 Å². The van der Waals surface area contributed by atoms with Gasteiger partial charge in [-0.05, 0) is 31.9 Å². The number of piperidine rings is 1. The van der Waals surface area contributed by atoms with Crippen LogP contribution in [-0.2, 0) is 11.3 Å². The Morgan fingerprint density at radius 3 is 2.81 bits per heavy atom. The Balaban J connectivity index is 1.69. The first-order valence-corrected chi connectivity index (χ1v) is 7.74. The summed E-state index contributed by atoms with van der Waals surface area (Å²) in [5, 5.41) is 1.16. The van der Waals surface area contributed by atoms with Crippen LogP contribution in [-0.4, -0.2) is 35.7 Å². The number of benzene rings is 1. The van der Waals surface area contributed by atoms with Gasteiger partial charge in [-0.1, -0.05) is 18.2 Å². The lowest BCUT2D eigenvalue weighted by atomic mass is 10.1. The zero-order chi connectivity index (χ0) is 14.7. The Kier molecular flexibility index (Phi) is 4.36. The summed E-state index contributed by atoms with van der Waals surface area (Å²) in [6.07, 6.45) is 2.64. The van der Waals surface area contributed by atoms with Crippen LogP contribution in [0.2, 0.25) is 0 Å². The van der Waals surface area contributed by atoms with Crippen molar-refractivity contribution in [3.05, 3.63) is 35.9 Å². The molecule has 2 N–H and O–H groups in total. The zero-order valence-electron chi connectivity index (χ0n) is 12.6. The summed E-state index contributed by atoms with van der Waals surface area (Å²) >= 11 is 0. The SMILES string of the molecule is CCOC1CCN(Cc2cc3ccccc3nc2N)CC1. The molecule has 0 spiro atoms. The van der Waals surface area contributed by atoms with Gasteiger partial charge in [-0.3, -0.25) is 4.90 Å². The summed E-state index contributed by atoms with van der Waals surface area (Å²) in [5.41, 5.74) is 8.21. The molecule has 4 heteroatoms. The highest BCUT2D eigenvalue weighted by molar-refractivity contribution is 5.81. The standard InChI is InChI=1S/C17H23N3O/c1-2-21-15-7-9-20(10-8-15)12-14-11-13-5-3-4-6-16(13)19-17(14)18/h3-6,11,15H,2,7-10,12H2,1H3,(H2,18,19). The number of hydrogen-bond acceptors (Lipinski definition) is 4. The Hall–Kier alpha value is -1.65. The van der Waals surface area contributed by atoms with Crippen molar-refractivity contribution in [2.45, 2.75) is 32.4 Å². The van der Waals surface area contributed by atoms with Crippen LogP contribution in [0, 0.1) is 0 Å². The topological polar surface area (TPSA) is 51.4 Å². The number of nitrogens with zero attached hydrogens (tertiary/aromatic N) is 2. The first-order chi connectivity index (χ1) is 10.3. The van der Waals surface area contributed by atoms with Crippen molar-refractivity contribution in [2.24, 2.45) is 0 Å². The van der Waals surface area contributed by atoms with E-state index in [0.29, 0.717) is 11.9 Å². The lowest BCUT2D eigenvalue weighted by molar-refractivity contribution is 0.0125. The van der Waals surface area contributed by atoms with E-state index in [1.807, 2.05) is 18.2 Å². The highest BCUT2D eigenvalue weighted by Crippen LogP contribution is 2.22. The molecule has 21 heavy (non-hydrogen) atoms. The average molecular weight is 285 g/mol. The van der Waals surface area contributed by atoms with E-state index in [1.54, 1.807) is 0 Å². The van der Waals surface area contributed by atoms with Crippen LogP contribution in [0.1, 0.15) is 25.3 Å². The third-order valence-corrected chi connectivity index (χ3v) is 4.17. The smallest absolute Gasteiger partial charge is 0.128 e. The Morgan fingerprint density at radius 2 is 2.05 bits per heavy atom. The number of pyridine rings is 1. The van der Waals surface area contributed by atoms with E-state index in [0.717, 1.165) is 55.5 Å². The Bertz CT molecular complexity index is 606. The van der Waals surface area contributed by atoms with E-state index in [9.17, 15) is 0 Å². The number of hydrogen-bond donors (Lipinski definition) is 1. The molecule has 1 aliphatic rings. The van der Waals surface area contributed by atoms with Crippen LogP contribution in [0.3, 0.4) is 0 Å². The minimum atomic E-state index is 0.429. The second kappa shape index (κ2) is 6.41. The maximum absolute atomic E-state index is 6.12. The first kappa shape index (κ1) is 14.3. The van der Waals surface area contributed by atoms with Gasteiger partial charge in [0.2, 0.25) is 0 Å². The minimum Gasteiger partial charge on any atom is -0.383 e. The number of rotatable bonds is 4. The summed E-state index contributed by atoms with van der Waals surface area (Å²) in [6, 6.07) is 10.3. The molecule has 2 aromatic rings. The van der Waals surface area contributed by atoms with Gasteiger partial charge < -0.3 is 10.5 Å². The maximum Gasteiger partial charge on any atom is 0.128 e. The molecule has 0 radical (unpaired) electrons. The quantitative estimate of drug-likeness (QED) is 0.938. The van der Waals surface area contributed by atoms with Crippen LogP contribution >= 0.6 is 0 Å². The van der Waals surface area contributed by atoms with E-state index in [4.69, 9.17) is 10.5 Å². The van der Waals surface area contributed by atoms with Crippen LogP contribution in [0.5, 0.6) is 0 Å². The molecular formula is C17H23N3O. The second-order valence-corrected chi connectivity index (χ2v) is 5.66. The summed E-state index contributed by atoms with van der Waals surface area (Å²) in [6.45, 7) is 5.89. The van der Waals surface area contributed by atoms with Crippen LogP contribution in [0.4, 0.5) is 5.82 Å². The van der Waals surface area contributed by atoms with Crippen LogP contribution in [0.15, 0.2) is 30.3 Å². The van der Waals surface area contributed by atoms with Gasteiger partial charge in [-0.25, -0.2) is 4.98 Å². The molecule has 1 aliphatic heterocycles. The first-order valence-electron chi connectivity index (χ1n) is 7.74. The highest BCUT2D eigenvalue weighted by Gasteiger charge is 2.20. The van der Waals surface area contributed by atoms with Gasteiger partial charge in [0.25, 0.3) is 0 Å². The third-order valence-electron chi connectivity index (χ3n) is 4.17. The molecule has 0 aliphatic carbocycles. The largest absolute Gasteiger partial charge is 0.383 e. The summed E-state index contributed by atoms with van der Waals surface area (Å²) in [5.74, 6) is 0.653. The average Bonchev–Trinajstić information content (AvgIpc) is 2.50. The Morgan fingerprint density at radius 1 is 1.29 bits per heavy atom. The van der Waals surface area contributed by atoms with Gasteiger partial charge >= 0.3 is 0 Å². The molecule has 3 rings (SSSR count). The monoisotopic (exact) mass is 285 g/mol. The molecule has 0 bridgehead atoms. The van der Waals surface area contributed by atoms with Crippen molar-refractivity contribution in [2.75, 3.05) is 25.4 Å². The second-order valence-electron chi connectivity index (χ2n) is 5.66. The van der Waals surface area contributed by atoms with Gasteiger partial charge in [0.1, 0.15) is 5.82 Å². The number of aromatic nitrogens is 1. The minimum absolute atomic E-state index is 0.429. The maximum atomic E-state index is 6.12. The van der Waals surface area contributed by atoms with E-state index in [2.05, 4.69) is 28.9 Å². The highest BCUT2D eigenvalue weighted by atomic mass is 16.5. The van der Waals surface area contributed by atoms with Crippen molar-refractivity contribution in [1.29, 1.82) is 0 Å². The fraction of sp³-hybridized carbons (Fsp3) is 0.471. The van der Waals surface area contributed by atoms with E-state index >= 15 is 0 Å². The van der Waals surface area contributed by atoms with Crippen molar-refractivity contribution >= 4 is 16.7 Å². The molecular weight excluding hydrogens is 262 g/mol. The van der Waals surface area contributed by atoms with E-state index in [-0.39, 0.29) is 0 Å². The van der Waals surface area contributed by atoms with Crippen molar-refractivity contribution in [3.8, 4) is 0 Å². The zero-order valence-corrected chi connectivity index (χ0v) is 12.6. The Labute approximate surface area is 125 Å². The molecule has 112 valence electrons. The van der Waals surface area contributed by atoms with Gasteiger partial charge in [-0.2, -0.15) is 0 Å². The van der Waals surface area contributed by atoms with Crippen LogP contribution < -0.4 is 5.73 Å². The predicted octanol–water partition coefficient (Wildman–Crippen LogP) is 2.82. The molecule has 1 fully saturated rings. The molecule has 1 aromatic heterocycles. The number of ether oxygens (including phenoxy) is 1. The number of fused-ring (bicyclic) bond motifs is 1. The molecule has 2 heterocycles. The number of likely N-dealkylation sites (tertiary alicyclic amines) is 1. The number of nitrogens with two attached hydrogens (primary N) is 1. The summed E-state index contributed by atoms with van der Waals surface area (Å²) in [4.78, 5) is 6.95. The number of para-hydroxylation sites is 1. The predicted molar refractivity (Wildman–Crippen MR) is 86.1 cm³/mol. The molecule has 1 saturated heterocycles. The van der Waals surface area contributed by atoms with Gasteiger partial charge in [0.15, 0.2) is 0 Å². The molecule has 0 atom stereocenters. The normalized spacial score (nSPS) is 17.4. The summed E-state index contributed by atoms with van der Waals surface area (Å²) < 4.78 is 5.70. The molecule has 1 aromatic carbocycles. The lowest BCUT2D eigenvalue weighted by Crippen LogP contribution is -2.36. The van der Waals surface area contributed by atoms with Gasteiger partial charge in [0.05, 0.1) is 11.6 Å². The lowest BCUT2D eigenvalue weighted by Gasteiger charge is -2.31. The van der Waals surface area contributed by atoms with Gasteiger partial charge in [-0.15, -0.1) is 0 Å². The third kappa shape index (κ3) is 3.34. The van der Waals surface area contributed by atoms with Crippen LogP contribution in [0.25, 0.3) is 10.9 Å². The number of nitrogen functional groups attached to an aromatic ring is 1. The fourth-order valence-electron chi connectivity index (χ4n) is 3.01. The molecule has 4 nitrogen and oxygen atoms in total. The molecule has 0 unspecified atom stereocenters. The van der Waals surface area contributed by atoms with Crippen molar-refractivity contribution in [3.63, 3.8) is 0 Å². The molecule has 0 amide bonds. The number of anilines is 1.